The van der Waals surface area contributed by atoms with Gasteiger partial charge in [-0.05, 0) is 42.3 Å². The molecule has 0 spiro atoms. The van der Waals surface area contributed by atoms with Gasteiger partial charge in [-0.15, -0.1) is 0 Å². The van der Waals surface area contributed by atoms with Gasteiger partial charge in [0.25, 0.3) is 0 Å². The fraction of sp³-hybridized carbons (Fsp3) is 0.0909. The number of anilines is 1. The van der Waals surface area contributed by atoms with Crippen molar-refractivity contribution in [3.8, 4) is 11.4 Å². The quantitative estimate of drug-likeness (QED) is 0.542. The first-order valence-electron chi connectivity index (χ1n) is 8.52. The van der Waals surface area contributed by atoms with Crippen LogP contribution < -0.4 is 5.32 Å². The Morgan fingerprint density at radius 3 is 2.38 bits per heavy atom. The molecule has 26 heavy (non-hydrogen) atoms. The van der Waals surface area contributed by atoms with Gasteiger partial charge in [-0.2, -0.15) is 0 Å². The summed E-state index contributed by atoms with van der Waals surface area (Å²) >= 11 is 0. The van der Waals surface area contributed by atoms with Gasteiger partial charge in [-0.1, -0.05) is 48.5 Å². The molecule has 3 aromatic carbocycles. The average molecular weight is 343 g/mol. The van der Waals surface area contributed by atoms with E-state index in [0.717, 1.165) is 33.4 Å². The van der Waals surface area contributed by atoms with E-state index < -0.39 is 0 Å². The zero-order valence-electron chi connectivity index (χ0n) is 14.4. The third-order valence-corrected chi connectivity index (χ3v) is 4.36. The maximum absolute atomic E-state index is 13.1. The summed E-state index contributed by atoms with van der Waals surface area (Å²) in [6.45, 7) is 2.62. The molecule has 0 bridgehead atoms. The van der Waals surface area contributed by atoms with E-state index in [1.54, 1.807) is 12.1 Å². The fourth-order valence-corrected chi connectivity index (χ4v) is 2.94. The SMILES string of the molecule is Cc1ccccc1-c1nc(NCc2ccc(F)cc2)c2ccccc2n1. The van der Waals surface area contributed by atoms with E-state index in [1.165, 1.54) is 12.1 Å². The summed E-state index contributed by atoms with van der Waals surface area (Å²) in [5, 5.41) is 4.34. The molecular formula is C22H18FN3. The fourth-order valence-electron chi connectivity index (χ4n) is 2.94. The molecule has 1 aromatic heterocycles. The molecule has 0 atom stereocenters. The Bertz CT molecular complexity index is 1060. The number of nitrogens with one attached hydrogen (secondary N) is 1. The normalized spacial score (nSPS) is 10.8. The van der Waals surface area contributed by atoms with Crippen LogP contribution >= 0.6 is 0 Å². The molecular weight excluding hydrogens is 325 g/mol. The van der Waals surface area contributed by atoms with Crippen molar-refractivity contribution in [3.05, 3.63) is 89.7 Å². The molecule has 1 heterocycles. The molecule has 128 valence electrons. The number of benzene rings is 3. The maximum atomic E-state index is 13.1. The summed E-state index contributed by atoms with van der Waals surface area (Å²) in [6, 6.07) is 22.5. The highest BCUT2D eigenvalue weighted by atomic mass is 19.1. The second-order valence-electron chi connectivity index (χ2n) is 6.21. The lowest BCUT2D eigenvalue weighted by atomic mass is 10.1. The maximum Gasteiger partial charge on any atom is 0.162 e. The van der Waals surface area contributed by atoms with Crippen LogP contribution in [0.4, 0.5) is 10.2 Å². The zero-order chi connectivity index (χ0) is 17.9. The Kier molecular flexibility index (Phi) is 4.32. The Hall–Kier alpha value is -3.27. The van der Waals surface area contributed by atoms with E-state index in [4.69, 9.17) is 9.97 Å². The number of hydrogen-bond acceptors (Lipinski definition) is 3. The molecule has 4 heteroatoms. The average Bonchev–Trinajstić information content (AvgIpc) is 2.67. The summed E-state index contributed by atoms with van der Waals surface area (Å²) in [5.74, 6) is 1.24. The number of aryl methyl sites for hydroxylation is 1. The van der Waals surface area contributed by atoms with Gasteiger partial charge in [0, 0.05) is 17.5 Å². The van der Waals surface area contributed by atoms with Crippen LogP contribution in [0.25, 0.3) is 22.3 Å². The molecule has 0 unspecified atom stereocenters. The van der Waals surface area contributed by atoms with Gasteiger partial charge in [0.05, 0.1) is 5.52 Å². The molecule has 0 radical (unpaired) electrons. The van der Waals surface area contributed by atoms with E-state index in [1.807, 2.05) is 42.5 Å². The molecule has 3 nitrogen and oxygen atoms in total. The van der Waals surface area contributed by atoms with Gasteiger partial charge in [0.2, 0.25) is 0 Å². The topological polar surface area (TPSA) is 37.8 Å². The predicted octanol–water partition coefficient (Wildman–Crippen LogP) is 5.36. The monoisotopic (exact) mass is 343 g/mol. The van der Waals surface area contributed by atoms with Crippen LogP contribution in [0.1, 0.15) is 11.1 Å². The first-order chi connectivity index (χ1) is 12.7. The van der Waals surface area contributed by atoms with Crippen molar-refractivity contribution in [2.24, 2.45) is 0 Å². The molecule has 1 N–H and O–H groups in total. The van der Waals surface area contributed by atoms with Crippen molar-refractivity contribution >= 4 is 16.7 Å². The summed E-state index contributed by atoms with van der Waals surface area (Å²) in [5.41, 5.74) is 4.03. The van der Waals surface area contributed by atoms with Crippen LogP contribution in [0, 0.1) is 12.7 Å². The lowest BCUT2D eigenvalue weighted by Gasteiger charge is -2.12. The summed E-state index contributed by atoms with van der Waals surface area (Å²) in [4.78, 5) is 9.50. The van der Waals surface area contributed by atoms with Crippen LogP contribution in [0.15, 0.2) is 72.8 Å². The van der Waals surface area contributed by atoms with Crippen molar-refractivity contribution in [1.29, 1.82) is 0 Å². The molecule has 0 fully saturated rings. The van der Waals surface area contributed by atoms with Crippen molar-refractivity contribution < 1.29 is 4.39 Å². The molecule has 0 aliphatic rings. The first-order valence-corrected chi connectivity index (χ1v) is 8.52. The number of fused-ring (bicyclic) bond motifs is 1. The highest BCUT2D eigenvalue weighted by Gasteiger charge is 2.10. The van der Waals surface area contributed by atoms with Gasteiger partial charge in [0.15, 0.2) is 5.82 Å². The van der Waals surface area contributed by atoms with Gasteiger partial charge >= 0.3 is 0 Å². The van der Waals surface area contributed by atoms with Gasteiger partial charge in [-0.25, -0.2) is 14.4 Å². The third-order valence-electron chi connectivity index (χ3n) is 4.36. The van der Waals surface area contributed by atoms with Crippen LogP contribution in [0.5, 0.6) is 0 Å². The van der Waals surface area contributed by atoms with Crippen LogP contribution in [0.2, 0.25) is 0 Å². The molecule has 0 saturated carbocycles. The minimum atomic E-state index is -0.233. The highest BCUT2D eigenvalue weighted by Crippen LogP contribution is 2.26. The molecule has 0 saturated heterocycles. The third kappa shape index (κ3) is 3.26. The standard InChI is InChI=1S/C22H18FN3/c1-15-6-2-3-7-18(15)22-25-20-9-5-4-8-19(20)21(26-22)24-14-16-10-12-17(23)13-11-16/h2-13H,14H2,1H3,(H,24,25,26). The highest BCUT2D eigenvalue weighted by molar-refractivity contribution is 5.90. The second-order valence-corrected chi connectivity index (χ2v) is 6.21. The minimum absolute atomic E-state index is 0.233. The molecule has 4 aromatic rings. The molecule has 0 aliphatic carbocycles. The summed E-state index contributed by atoms with van der Waals surface area (Å²) in [7, 11) is 0. The second kappa shape index (κ2) is 6.92. The number of rotatable bonds is 4. The summed E-state index contributed by atoms with van der Waals surface area (Å²) in [6.07, 6.45) is 0. The van der Waals surface area contributed by atoms with E-state index in [2.05, 4.69) is 18.3 Å². The Morgan fingerprint density at radius 2 is 1.58 bits per heavy atom. The van der Waals surface area contributed by atoms with Crippen molar-refractivity contribution in [2.45, 2.75) is 13.5 Å². The van der Waals surface area contributed by atoms with Gasteiger partial charge < -0.3 is 5.32 Å². The van der Waals surface area contributed by atoms with E-state index in [0.29, 0.717) is 12.4 Å². The molecule has 4 rings (SSSR count). The van der Waals surface area contributed by atoms with Gasteiger partial charge in [0.1, 0.15) is 11.6 Å². The number of halogens is 1. The number of nitrogens with zero attached hydrogens (tertiary/aromatic N) is 2. The minimum Gasteiger partial charge on any atom is -0.365 e. The van der Waals surface area contributed by atoms with Crippen LogP contribution in [-0.2, 0) is 6.54 Å². The van der Waals surface area contributed by atoms with Crippen LogP contribution in [0.3, 0.4) is 0 Å². The Labute approximate surface area is 151 Å². The zero-order valence-corrected chi connectivity index (χ0v) is 14.4. The first kappa shape index (κ1) is 16.2. The van der Waals surface area contributed by atoms with Crippen LogP contribution in [-0.4, -0.2) is 9.97 Å². The Balaban J connectivity index is 1.75. The van der Waals surface area contributed by atoms with Crippen molar-refractivity contribution in [1.82, 2.24) is 9.97 Å². The number of para-hydroxylation sites is 1. The number of aromatic nitrogens is 2. The lowest BCUT2D eigenvalue weighted by Crippen LogP contribution is -2.04. The lowest BCUT2D eigenvalue weighted by molar-refractivity contribution is 0.627. The number of hydrogen-bond donors (Lipinski definition) is 1. The summed E-state index contributed by atoms with van der Waals surface area (Å²) < 4.78 is 13.1. The van der Waals surface area contributed by atoms with Crippen molar-refractivity contribution in [2.75, 3.05) is 5.32 Å². The van der Waals surface area contributed by atoms with E-state index in [9.17, 15) is 4.39 Å². The largest absolute Gasteiger partial charge is 0.365 e. The van der Waals surface area contributed by atoms with Gasteiger partial charge in [-0.3, -0.25) is 0 Å². The van der Waals surface area contributed by atoms with Crippen molar-refractivity contribution in [3.63, 3.8) is 0 Å². The molecule has 0 amide bonds. The van der Waals surface area contributed by atoms with E-state index >= 15 is 0 Å². The van der Waals surface area contributed by atoms with E-state index in [-0.39, 0.29) is 5.82 Å². The Morgan fingerprint density at radius 1 is 0.846 bits per heavy atom. The molecule has 0 aliphatic heterocycles. The smallest absolute Gasteiger partial charge is 0.162 e. The predicted molar refractivity (Wildman–Crippen MR) is 103 cm³/mol.